The van der Waals surface area contributed by atoms with Crippen LogP contribution >= 0.6 is 11.8 Å². The SMILES string of the molecule is C=C1C=C(C(F)(F)F)N(C)C(=O)N1c1cc(SCC=O)c(C#N)cc1F. The summed E-state index contributed by atoms with van der Waals surface area (Å²) in [5.41, 5.74) is -2.03. The lowest BCUT2D eigenvalue weighted by Gasteiger charge is -2.35. The summed E-state index contributed by atoms with van der Waals surface area (Å²) in [6.45, 7) is 3.40. The minimum absolute atomic E-state index is 0.0212. The fourth-order valence-electron chi connectivity index (χ4n) is 2.27. The van der Waals surface area contributed by atoms with E-state index in [2.05, 4.69) is 6.58 Å². The highest BCUT2D eigenvalue weighted by atomic mass is 32.2. The van der Waals surface area contributed by atoms with Crippen molar-refractivity contribution in [2.75, 3.05) is 17.7 Å². The van der Waals surface area contributed by atoms with Crippen LogP contribution in [0.4, 0.5) is 28.0 Å². The highest BCUT2D eigenvalue weighted by molar-refractivity contribution is 8.00. The number of alkyl halides is 3. The standard InChI is InChI=1S/C16H11F4N3O2S/c1-9-5-14(16(18,19)20)22(2)15(25)23(9)12-7-13(26-4-3-24)10(8-21)6-11(12)17/h3,5-7H,1,4H2,2H3. The lowest BCUT2D eigenvalue weighted by molar-refractivity contribution is -0.106. The van der Waals surface area contributed by atoms with Crippen LogP contribution < -0.4 is 4.90 Å². The Morgan fingerprint density at radius 1 is 1.38 bits per heavy atom. The van der Waals surface area contributed by atoms with Gasteiger partial charge in [-0.15, -0.1) is 11.8 Å². The summed E-state index contributed by atoms with van der Waals surface area (Å²) in [6, 6.07) is 2.59. The molecule has 1 heterocycles. The third kappa shape index (κ3) is 3.57. The van der Waals surface area contributed by atoms with Crippen LogP contribution in [0.1, 0.15) is 5.56 Å². The molecule has 0 atom stereocenters. The van der Waals surface area contributed by atoms with Crippen molar-refractivity contribution in [3.05, 3.63) is 47.6 Å². The maximum Gasteiger partial charge on any atom is 0.431 e. The van der Waals surface area contributed by atoms with E-state index in [1.54, 1.807) is 6.07 Å². The van der Waals surface area contributed by atoms with Crippen LogP contribution in [0.15, 0.2) is 41.1 Å². The number of carbonyl (C=O) groups excluding carboxylic acids is 2. The van der Waals surface area contributed by atoms with Gasteiger partial charge in [0.2, 0.25) is 0 Å². The molecule has 26 heavy (non-hydrogen) atoms. The second-order valence-corrected chi connectivity index (χ2v) is 6.15. The second-order valence-electron chi connectivity index (χ2n) is 5.08. The molecule has 0 fully saturated rings. The van der Waals surface area contributed by atoms with E-state index in [9.17, 15) is 27.2 Å². The van der Waals surface area contributed by atoms with Crippen LogP contribution in [0.2, 0.25) is 0 Å². The van der Waals surface area contributed by atoms with E-state index >= 15 is 0 Å². The zero-order valence-corrected chi connectivity index (χ0v) is 14.1. The topological polar surface area (TPSA) is 64.4 Å². The number of rotatable bonds is 4. The van der Waals surface area contributed by atoms with Crippen molar-refractivity contribution in [2.45, 2.75) is 11.1 Å². The molecule has 0 aromatic heterocycles. The molecule has 0 bridgehead atoms. The highest BCUT2D eigenvalue weighted by Crippen LogP contribution is 2.38. The molecule has 5 nitrogen and oxygen atoms in total. The zero-order chi connectivity index (χ0) is 19.6. The molecule has 1 aliphatic heterocycles. The monoisotopic (exact) mass is 385 g/mol. The van der Waals surface area contributed by atoms with E-state index in [0.29, 0.717) is 22.2 Å². The van der Waals surface area contributed by atoms with Gasteiger partial charge in [0.05, 0.1) is 17.0 Å². The minimum atomic E-state index is -4.78. The molecule has 1 aromatic rings. The van der Waals surface area contributed by atoms with Crippen molar-refractivity contribution in [2.24, 2.45) is 0 Å². The quantitative estimate of drug-likeness (QED) is 0.449. The zero-order valence-electron chi connectivity index (χ0n) is 13.3. The molecule has 1 aromatic carbocycles. The molecule has 2 amide bonds. The molecule has 0 spiro atoms. The molecule has 0 saturated heterocycles. The smallest absolute Gasteiger partial charge is 0.302 e. The third-order valence-electron chi connectivity index (χ3n) is 3.44. The van der Waals surface area contributed by atoms with Crippen molar-refractivity contribution in [3.63, 3.8) is 0 Å². The Morgan fingerprint density at radius 2 is 2.04 bits per heavy atom. The second kappa shape index (κ2) is 7.21. The van der Waals surface area contributed by atoms with Gasteiger partial charge in [-0.1, -0.05) is 6.58 Å². The number of amides is 2. The van der Waals surface area contributed by atoms with Crippen LogP contribution in [-0.2, 0) is 4.79 Å². The van der Waals surface area contributed by atoms with Crippen LogP contribution in [0.25, 0.3) is 0 Å². The lowest BCUT2D eigenvalue weighted by atomic mass is 10.1. The first-order valence-electron chi connectivity index (χ1n) is 6.97. The third-order valence-corrected chi connectivity index (χ3v) is 4.39. The van der Waals surface area contributed by atoms with Crippen LogP contribution in [0.3, 0.4) is 0 Å². The Labute approximate surface area is 150 Å². The lowest BCUT2D eigenvalue weighted by Crippen LogP contribution is -2.46. The molecule has 2 rings (SSSR count). The molecular weight excluding hydrogens is 374 g/mol. The Kier molecular flexibility index (Phi) is 5.41. The van der Waals surface area contributed by atoms with Crippen molar-refractivity contribution in [3.8, 4) is 6.07 Å². The number of benzene rings is 1. The van der Waals surface area contributed by atoms with Gasteiger partial charge in [-0.2, -0.15) is 18.4 Å². The molecule has 0 saturated carbocycles. The summed E-state index contributed by atoms with van der Waals surface area (Å²) in [4.78, 5) is 24.1. The first-order valence-corrected chi connectivity index (χ1v) is 7.96. The summed E-state index contributed by atoms with van der Waals surface area (Å²) in [7, 11) is 0.907. The van der Waals surface area contributed by atoms with Crippen molar-refractivity contribution >= 4 is 29.8 Å². The molecule has 0 unspecified atom stereocenters. The maximum absolute atomic E-state index is 14.4. The molecule has 10 heteroatoms. The molecule has 1 aliphatic rings. The molecule has 0 aliphatic carbocycles. The Bertz CT molecular complexity index is 858. The number of hydrogen-bond acceptors (Lipinski definition) is 4. The van der Waals surface area contributed by atoms with Gasteiger partial charge in [0.15, 0.2) is 0 Å². The number of halogens is 4. The minimum Gasteiger partial charge on any atom is -0.302 e. The fourth-order valence-corrected chi connectivity index (χ4v) is 2.97. The summed E-state index contributed by atoms with van der Waals surface area (Å²) >= 11 is 0.933. The first kappa shape index (κ1) is 19.5. The summed E-state index contributed by atoms with van der Waals surface area (Å²) in [6.07, 6.45) is -3.59. The van der Waals surface area contributed by atoms with E-state index in [1.807, 2.05) is 0 Å². The van der Waals surface area contributed by atoms with Gasteiger partial charge in [-0.25, -0.2) is 9.18 Å². The van der Waals surface area contributed by atoms with Gasteiger partial charge in [0.25, 0.3) is 0 Å². The van der Waals surface area contributed by atoms with Gasteiger partial charge in [0.1, 0.15) is 23.9 Å². The van der Waals surface area contributed by atoms with Crippen molar-refractivity contribution in [1.29, 1.82) is 5.26 Å². The number of nitrogens with zero attached hydrogens (tertiary/aromatic N) is 3. The fraction of sp³-hybridized carbons (Fsp3) is 0.188. The van der Waals surface area contributed by atoms with Crippen LogP contribution in [-0.4, -0.2) is 36.2 Å². The Morgan fingerprint density at radius 3 is 2.58 bits per heavy atom. The average Bonchev–Trinajstić information content (AvgIpc) is 2.56. The summed E-state index contributed by atoms with van der Waals surface area (Å²) in [5, 5.41) is 9.05. The first-order chi connectivity index (χ1) is 12.1. The van der Waals surface area contributed by atoms with Crippen molar-refractivity contribution < 1.29 is 27.2 Å². The number of allylic oxidation sites excluding steroid dienone is 2. The van der Waals surface area contributed by atoms with Gasteiger partial charge in [-0.05, 0) is 18.2 Å². The van der Waals surface area contributed by atoms with Gasteiger partial charge < -0.3 is 4.79 Å². The number of nitriles is 1. The van der Waals surface area contributed by atoms with Crippen LogP contribution in [0, 0.1) is 17.1 Å². The number of aldehydes is 1. The number of urea groups is 1. The van der Waals surface area contributed by atoms with Crippen molar-refractivity contribution in [1.82, 2.24) is 4.90 Å². The van der Waals surface area contributed by atoms with E-state index in [-0.39, 0.29) is 27.6 Å². The normalized spacial score (nSPS) is 15.0. The Hall–Kier alpha value is -2.80. The molecule has 0 radical (unpaired) electrons. The number of carbonyl (C=O) groups is 2. The van der Waals surface area contributed by atoms with E-state index in [0.717, 1.165) is 30.9 Å². The maximum atomic E-state index is 14.4. The number of anilines is 1. The number of thioether (sulfide) groups is 1. The van der Waals surface area contributed by atoms with Gasteiger partial charge in [0, 0.05) is 17.6 Å². The predicted octanol–water partition coefficient (Wildman–Crippen LogP) is 3.82. The summed E-state index contributed by atoms with van der Waals surface area (Å²) < 4.78 is 53.3. The molecular formula is C16H11F4N3O2S. The van der Waals surface area contributed by atoms with E-state index < -0.39 is 23.7 Å². The van der Waals surface area contributed by atoms with Crippen LogP contribution in [0.5, 0.6) is 0 Å². The summed E-state index contributed by atoms with van der Waals surface area (Å²) in [5.74, 6) is -1.00. The molecule has 136 valence electrons. The molecule has 0 N–H and O–H groups in total. The highest BCUT2D eigenvalue weighted by Gasteiger charge is 2.43. The average molecular weight is 385 g/mol. The van der Waals surface area contributed by atoms with E-state index in [1.165, 1.54) is 0 Å². The van der Waals surface area contributed by atoms with E-state index in [4.69, 9.17) is 5.26 Å². The number of hydrogen-bond donors (Lipinski definition) is 0. The van der Waals surface area contributed by atoms with Gasteiger partial charge >= 0.3 is 12.2 Å². The Balaban J connectivity index is 2.56. The van der Waals surface area contributed by atoms with Gasteiger partial charge in [-0.3, -0.25) is 9.80 Å². The predicted molar refractivity (Wildman–Crippen MR) is 86.8 cm³/mol. The largest absolute Gasteiger partial charge is 0.431 e.